The molecule has 5 fully saturated rings. The number of aliphatic imine (C=N–C) groups is 1. The van der Waals surface area contributed by atoms with Crippen LogP contribution in [0.25, 0.3) is 0 Å². The fraction of sp³-hybridized carbons (Fsp3) is 0.548. The number of benzene rings is 2. The van der Waals surface area contributed by atoms with Crippen LogP contribution in [0.4, 0.5) is 13.2 Å². The standard InChI is InChI=1S/C31H34ClF3N4O3S/c1-27(2)24(25(40)38-13-12-31(34,35)29(19-38)10-11-29)36-26(37-27)28-16-30(17-28,18-28)39(15-20-8-9-22(32)23(33)14-20)43(41,42)21-6-4-3-5-7-21/h3-9,14,24H,10-13,15-19H2,1-2H3,(H,36,37)/t24-,28?,30?/m0/s1. The molecule has 2 heterocycles. The van der Waals surface area contributed by atoms with Gasteiger partial charge in [0.25, 0.3) is 5.92 Å². The molecule has 1 atom stereocenters. The van der Waals surface area contributed by atoms with E-state index in [2.05, 4.69) is 5.32 Å². The third-order valence-corrected chi connectivity index (χ3v) is 12.7. The highest BCUT2D eigenvalue weighted by Crippen LogP contribution is 2.71. The first kappa shape index (κ1) is 29.1. The molecule has 8 rings (SSSR count). The van der Waals surface area contributed by atoms with Crippen molar-refractivity contribution in [2.45, 2.75) is 86.9 Å². The highest BCUT2D eigenvalue weighted by molar-refractivity contribution is 7.89. The second kappa shape index (κ2) is 9.20. The van der Waals surface area contributed by atoms with Crippen molar-refractivity contribution in [1.82, 2.24) is 14.5 Å². The predicted molar refractivity (Wildman–Crippen MR) is 156 cm³/mol. The third kappa shape index (κ3) is 4.35. The van der Waals surface area contributed by atoms with Crippen LogP contribution in [0.3, 0.4) is 0 Å². The lowest BCUT2D eigenvalue weighted by Crippen LogP contribution is -2.78. The summed E-state index contributed by atoms with van der Waals surface area (Å²) in [5.74, 6) is -2.90. The molecule has 2 aromatic rings. The molecule has 1 spiro atoms. The third-order valence-electron chi connectivity index (χ3n) is 10.4. The summed E-state index contributed by atoms with van der Waals surface area (Å²) in [5.41, 5.74) is -2.48. The summed E-state index contributed by atoms with van der Waals surface area (Å²) in [4.78, 5) is 20.3. The van der Waals surface area contributed by atoms with Gasteiger partial charge in [0.05, 0.1) is 20.9 Å². The minimum absolute atomic E-state index is 0.0169. The molecule has 12 heteroatoms. The quantitative estimate of drug-likeness (QED) is 0.443. The normalized spacial score (nSPS) is 31.2. The van der Waals surface area contributed by atoms with E-state index in [0.717, 1.165) is 0 Å². The largest absolute Gasteiger partial charge is 0.360 e. The van der Waals surface area contributed by atoms with Crippen molar-refractivity contribution in [3.05, 3.63) is 64.9 Å². The average molecular weight is 635 g/mol. The van der Waals surface area contributed by atoms with Crippen LogP contribution in [0, 0.1) is 16.6 Å². The summed E-state index contributed by atoms with van der Waals surface area (Å²) < 4.78 is 72.7. The molecule has 0 unspecified atom stereocenters. The maximum Gasteiger partial charge on any atom is 0.257 e. The molecule has 2 aliphatic heterocycles. The minimum atomic E-state index is -3.93. The van der Waals surface area contributed by atoms with Crippen molar-refractivity contribution in [3.63, 3.8) is 0 Å². The number of carbonyl (C=O) groups excluding carboxylic acids is 1. The Morgan fingerprint density at radius 1 is 1.09 bits per heavy atom. The van der Waals surface area contributed by atoms with Crippen molar-refractivity contribution in [2.75, 3.05) is 13.1 Å². The van der Waals surface area contributed by atoms with E-state index in [-0.39, 0.29) is 41.9 Å². The number of nitrogens with zero attached hydrogens (tertiary/aromatic N) is 3. The topological polar surface area (TPSA) is 82.1 Å². The van der Waals surface area contributed by atoms with Gasteiger partial charge in [-0.3, -0.25) is 9.79 Å². The molecule has 230 valence electrons. The fourth-order valence-corrected chi connectivity index (χ4v) is 9.66. The lowest BCUT2D eigenvalue weighted by molar-refractivity contribution is -0.153. The Labute approximate surface area is 254 Å². The van der Waals surface area contributed by atoms with Crippen LogP contribution in [-0.4, -0.2) is 65.5 Å². The Hall–Kier alpha value is -2.63. The van der Waals surface area contributed by atoms with Crippen LogP contribution in [0.15, 0.2) is 58.4 Å². The first-order chi connectivity index (χ1) is 20.1. The number of sulfonamides is 1. The SMILES string of the molecule is CC1(C)N=C(C23CC(N(Cc4ccc(Cl)c(F)c4)S(=O)(=O)c4ccccc4)(C2)C3)N[C@H]1C(=O)N1CCC(F)(F)C2(CC2)C1. The van der Waals surface area contributed by atoms with Gasteiger partial charge in [0.1, 0.15) is 17.7 Å². The van der Waals surface area contributed by atoms with Gasteiger partial charge in [-0.1, -0.05) is 35.9 Å². The number of likely N-dealkylation sites (tertiary alicyclic amines) is 1. The molecule has 2 aromatic carbocycles. The van der Waals surface area contributed by atoms with Gasteiger partial charge < -0.3 is 10.2 Å². The van der Waals surface area contributed by atoms with E-state index in [4.69, 9.17) is 16.6 Å². The van der Waals surface area contributed by atoms with E-state index in [9.17, 15) is 26.4 Å². The smallest absolute Gasteiger partial charge is 0.257 e. The fourth-order valence-electron chi connectivity index (χ4n) is 7.76. The van der Waals surface area contributed by atoms with Gasteiger partial charge in [-0.2, -0.15) is 4.31 Å². The molecular weight excluding hydrogens is 601 g/mol. The van der Waals surface area contributed by atoms with Crippen LogP contribution in [0.1, 0.15) is 57.9 Å². The van der Waals surface area contributed by atoms with Crippen LogP contribution < -0.4 is 5.32 Å². The molecule has 6 aliphatic rings. The molecule has 4 saturated carbocycles. The lowest BCUT2D eigenvalue weighted by atomic mass is 9.38. The Bertz CT molecular complexity index is 1620. The number of amides is 1. The van der Waals surface area contributed by atoms with E-state index in [1.165, 1.54) is 16.4 Å². The number of piperidine rings is 1. The van der Waals surface area contributed by atoms with Crippen molar-refractivity contribution < 1.29 is 26.4 Å². The number of halogens is 4. The van der Waals surface area contributed by atoms with E-state index >= 15 is 0 Å². The van der Waals surface area contributed by atoms with E-state index in [1.807, 2.05) is 13.8 Å². The number of rotatable bonds is 7. The molecule has 1 N–H and O–H groups in total. The zero-order valence-corrected chi connectivity index (χ0v) is 25.6. The second-order valence-corrected chi connectivity index (χ2v) is 16.1. The van der Waals surface area contributed by atoms with E-state index in [0.29, 0.717) is 43.5 Å². The molecular formula is C31H34ClF3N4O3S. The summed E-state index contributed by atoms with van der Waals surface area (Å²) >= 11 is 5.88. The number of amidine groups is 1. The van der Waals surface area contributed by atoms with Crippen molar-refractivity contribution in [3.8, 4) is 0 Å². The van der Waals surface area contributed by atoms with Crippen LogP contribution in [-0.2, 0) is 21.4 Å². The summed E-state index contributed by atoms with van der Waals surface area (Å²) in [6, 6.07) is 11.8. The van der Waals surface area contributed by atoms with Crippen LogP contribution >= 0.6 is 11.6 Å². The highest BCUT2D eigenvalue weighted by Gasteiger charge is 2.75. The number of hydrogen-bond donors (Lipinski definition) is 1. The van der Waals surface area contributed by atoms with Gasteiger partial charge in [-0.05, 0) is 75.8 Å². The summed E-state index contributed by atoms with van der Waals surface area (Å²) in [5, 5.41) is 3.32. The van der Waals surface area contributed by atoms with Gasteiger partial charge in [0, 0.05) is 37.0 Å². The maximum atomic E-state index is 14.5. The predicted octanol–water partition coefficient (Wildman–Crippen LogP) is 5.39. The highest BCUT2D eigenvalue weighted by atomic mass is 35.5. The molecule has 43 heavy (non-hydrogen) atoms. The van der Waals surface area contributed by atoms with E-state index in [1.54, 1.807) is 41.3 Å². The van der Waals surface area contributed by atoms with Crippen LogP contribution in [0.2, 0.25) is 5.02 Å². The molecule has 1 saturated heterocycles. The molecule has 4 aliphatic carbocycles. The van der Waals surface area contributed by atoms with Crippen molar-refractivity contribution >= 4 is 33.4 Å². The monoisotopic (exact) mass is 634 g/mol. The summed E-state index contributed by atoms with van der Waals surface area (Å²) in [7, 11) is -3.93. The summed E-state index contributed by atoms with van der Waals surface area (Å²) in [6.07, 6.45) is 2.06. The number of carbonyl (C=O) groups is 1. The first-order valence-electron chi connectivity index (χ1n) is 14.7. The van der Waals surface area contributed by atoms with Gasteiger partial charge in [0.15, 0.2) is 0 Å². The Kier molecular flexibility index (Phi) is 6.23. The molecule has 0 radical (unpaired) electrons. The molecule has 2 bridgehead atoms. The Morgan fingerprint density at radius 3 is 2.40 bits per heavy atom. The Balaban J connectivity index is 1.11. The number of nitrogens with one attached hydrogen (secondary N) is 1. The number of hydrogen-bond acceptors (Lipinski definition) is 5. The minimum Gasteiger partial charge on any atom is -0.360 e. The van der Waals surface area contributed by atoms with Gasteiger partial charge in [-0.25, -0.2) is 21.6 Å². The van der Waals surface area contributed by atoms with Crippen molar-refractivity contribution in [1.29, 1.82) is 0 Å². The lowest BCUT2D eigenvalue weighted by Gasteiger charge is -2.72. The van der Waals surface area contributed by atoms with Crippen molar-refractivity contribution in [2.24, 2.45) is 15.8 Å². The molecule has 0 aromatic heterocycles. The molecule has 1 amide bonds. The Morgan fingerprint density at radius 2 is 1.77 bits per heavy atom. The van der Waals surface area contributed by atoms with Gasteiger partial charge in [0.2, 0.25) is 15.9 Å². The maximum absolute atomic E-state index is 14.5. The number of alkyl halides is 2. The molecule has 7 nitrogen and oxygen atoms in total. The van der Waals surface area contributed by atoms with Crippen LogP contribution in [0.5, 0.6) is 0 Å². The first-order valence-corrected chi connectivity index (χ1v) is 16.5. The van der Waals surface area contributed by atoms with Gasteiger partial charge >= 0.3 is 0 Å². The van der Waals surface area contributed by atoms with Gasteiger partial charge in [-0.15, -0.1) is 0 Å². The zero-order chi connectivity index (χ0) is 30.6. The zero-order valence-electron chi connectivity index (χ0n) is 24.0. The summed E-state index contributed by atoms with van der Waals surface area (Å²) in [6.45, 7) is 3.79. The second-order valence-electron chi connectivity index (χ2n) is 13.8. The average Bonchev–Trinajstić information content (AvgIpc) is 3.62. The van der Waals surface area contributed by atoms with E-state index < -0.39 is 49.7 Å².